The van der Waals surface area contributed by atoms with Gasteiger partial charge in [0.2, 0.25) is 0 Å². The molecule has 14 heavy (non-hydrogen) atoms. The van der Waals surface area contributed by atoms with Crippen LogP contribution in [0.1, 0.15) is 20.8 Å². The third-order valence-electron chi connectivity index (χ3n) is 2.30. The molecule has 0 aliphatic rings. The minimum atomic E-state index is 0.192. The summed E-state index contributed by atoms with van der Waals surface area (Å²) in [7, 11) is 0. The van der Waals surface area contributed by atoms with E-state index in [1.54, 1.807) is 0 Å². The molecule has 0 saturated heterocycles. The highest BCUT2D eigenvalue weighted by atomic mass is 16.5. The first-order chi connectivity index (χ1) is 6.74. The summed E-state index contributed by atoms with van der Waals surface area (Å²) in [5.41, 5.74) is 0. The van der Waals surface area contributed by atoms with E-state index in [0.717, 1.165) is 12.3 Å². The lowest BCUT2D eigenvalue weighted by molar-refractivity contribution is 0.179. The Morgan fingerprint density at radius 1 is 1.21 bits per heavy atom. The Kier molecular flexibility index (Phi) is 4.47. The standard InChI is InChI=1S/C12H19NO/c1-4-13-10(2)11(3)14-12-8-6-5-7-9-12/h5-11,13H,4H2,1-3H3. The quantitative estimate of drug-likeness (QED) is 0.775. The van der Waals surface area contributed by atoms with E-state index in [9.17, 15) is 0 Å². The Labute approximate surface area is 86.3 Å². The van der Waals surface area contributed by atoms with Crippen molar-refractivity contribution in [2.24, 2.45) is 0 Å². The van der Waals surface area contributed by atoms with Gasteiger partial charge in [-0.05, 0) is 32.5 Å². The summed E-state index contributed by atoms with van der Waals surface area (Å²) in [5.74, 6) is 0.935. The molecule has 0 aromatic heterocycles. The summed E-state index contributed by atoms with van der Waals surface area (Å²) in [6.07, 6.45) is 0.192. The highest BCUT2D eigenvalue weighted by molar-refractivity contribution is 5.21. The molecule has 1 N–H and O–H groups in total. The van der Waals surface area contributed by atoms with Crippen LogP contribution in [-0.2, 0) is 0 Å². The van der Waals surface area contributed by atoms with E-state index in [-0.39, 0.29) is 6.10 Å². The Morgan fingerprint density at radius 2 is 1.86 bits per heavy atom. The van der Waals surface area contributed by atoms with Gasteiger partial charge in [-0.1, -0.05) is 25.1 Å². The molecule has 0 radical (unpaired) electrons. The minimum Gasteiger partial charge on any atom is -0.489 e. The van der Waals surface area contributed by atoms with E-state index in [1.807, 2.05) is 30.3 Å². The lowest BCUT2D eigenvalue weighted by Gasteiger charge is -2.22. The molecular formula is C12H19NO. The van der Waals surface area contributed by atoms with Gasteiger partial charge in [0.25, 0.3) is 0 Å². The number of benzene rings is 1. The van der Waals surface area contributed by atoms with Gasteiger partial charge >= 0.3 is 0 Å². The monoisotopic (exact) mass is 193 g/mol. The van der Waals surface area contributed by atoms with Crippen LogP contribution in [0.25, 0.3) is 0 Å². The second-order valence-electron chi connectivity index (χ2n) is 3.48. The van der Waals surface area contributed by atoms with E-state index in [4.69, 9.17) is 4.74 Å². The van der Waals surface area contributed by atoms with Crippen molar-refractivity contribution in [2.45, 2.75) is 32.9 Å². The highest BCUT2D eigenvalue weighted by Crippen LogP contribution is 2.12. The first-order valence-corrected chi connectivity index (χ1v) is 5.19. The molecule has 1 rings (SSSR count). The third-order valence-corrected chi connectivity index (χ3v) is 2.30. The van der Waals surface area contributed by atoms with Crippen molar-refractivity contribution in [3.05, 3.63) is 30.3 Å². The normalized spacial score (nSPS) is 14.8. The lowest BCUT2D eigenvalue weighted by Crippen LogP contribution is -2.38. The van der Waals surface area contributed by atoms with Crippen LogP contribution in [0.15, 0.2) is 30.3 Å². The fourth-order valence-corrected chi connectivity index (χ4v) is 1.30. The fourth-order valence-electron chi connectivity index (χ4n) is 1.30. The summed E-state index contributed by atoms with van der Waals surface area (Å²) in [5, 5.41) is 3.34. The summed E-state index contributed by atoms with van der Waals surface area (Å²) < 4.78 is 5.77. The minimum absolute atomic E-state index is 0.192. The number of likely N-dealkylation sites (N-methyl/N-ethyl adjacent to an activating group) is 1. The van der Waals surface area contributed by atoms with Crippen molar-refractivity contribution in [3.63, 3.8) is 0 Å². The van der Waals surface area contributed by atoms with E-state index in [1.165, 1.54) is 0 Å². The molecule has 0 saturated carbocycles. The van der Waals surface area contributed by atoms with E-state index in [2.05, 4.69) is 26.1 Å². The van der Waals surface area contributed by atoms with E-state index >= 15 is 0 Å². The maximum atomic E-state index is 5.77. The maximum Gasteiger partial charge on any atom is 0.119 e. The fraction of sp³-hybridized carbons (Fsp3) is 0.500. The zero-order valence-electron chi connectivity index (χ0n) is 9.16. The molecule has 2 unspecified atom stereocenters. The molecular weight excluding hydrogens is 174 g/mol. The molecule has 2 nitrogen and oxygen atoms in total. The van der Waals surface area contributed by atoms with Gasteiger partial charge in [0, 0.05) is 6.04 Å². The van der Waals surface area contributed by atoms with Crippen LogP contribution in [0, 0.1) is 0 Å². The second-order valence-corrected chi connectivity index (χ2v) is 3.48. The van der Waals surface area contributed by atoms with Crippen LogP contribution in [0.3, 0.4) is 0 Å². The molecule has 0 heterocycles. The van der Waals surface area contributed by atoms with Gasteiger partial charge in [0.05, 0.1) is 0 Å². The van der Waals surface area contributed by atoms with Crippen LogP contribution < -0.4 is 10.1 Å². The van der Waals surface area contributed by atoms with Gasteiger partial charge in [0.1, 0.15) is 11.9 Å². The summed E-state index contributed by atoms with van der Waals surface area (Å²) >= 11 is 0. The molecule has 0 aliphatic heterocycles. The Balaban J connectivity index is 2.44. The number of rotatable bonds is 5. The predicted molar refractivity (Wildman–Crippen MR) is 59.7 cm³/mol. The van der Waals surface area contributed by atoms with Crippen LogP contribution >= 0.6 is 0 Å². The van der Waals surface area contributed by atoms with Gasteiger partial charge in [0.15, 0.2) is 0 Å². The Morgan fingerprint density at radius 3 is 2.43 bits per heavy atom. The molecule has 78 valence electrons. The lowest BCUT2D eigenvalue weighted by atomic mass is 10.2. The summed E-state index contributed by atoms with van der Waals surface area (Å²) in [4.78, 5) is 0. The van der Waals surface area contributed by atoms with Crippen molar-refractivity contribution in [1.29, 1.82) is 0 Å². The SMILES string of the molecule is CCNC(C)C(C)Oc1ccccc1. The van der Waals surface area contributed by atoms with Crippen molar-refractivity contribution < 1.29 is 4.74 Å². The number of hydrogen-bond acceptors (Lipinski definition) is 2. The zero-order chi connectivity index (χ0) is 10.4. The van der Waals surface area contributed by atoms with Crippen LogP contribution in [0.5, 0.6) is 5.75 Å². The third kappa shape index (κ3) is 3.38. The molecule has 0 bridgehead atoms. The predicted octanol–water partition coefficient (Wildman–Crippen LogP) is 2.45. The molecule has 2 atom stereocenters. The largest absolute Gasteiger partial charge is 0.489 e. The van der Waals surface area contributed by atoms with Crippen LogP contribution in [0.4, 0.5) is 0 Å². The number of nitrogens with one attached hydrogen (secondary N) is 1. The van der Waals surface area contributed by atoms with E-state index < -0.39 is 0 Å². The second kappa shape index (κ2) is 5.66. The van der Waals surface area contributed by atoms with E-state index in [0.29, 0.717) is 6.04 Å². The first kappa shape index (κ1) is 11.1. The zero-order valence-corrected chi connectivity index (χ0v) is 9.16. The van der Waals surface area contributed by atoms with Crippen molar-refractivity contribution >= 4 is 0 Å². The van der Waals surface area contributed by atoms with Crippen LogP contribution in [-0.4, -0.2) is 18.7 Å². The summed E-state index contributed by atoms with van der Waals surface area (Å²) in [6, 6.07) is 10.3. The smallest absolute Gasteiger partial charge is 0.119 e. The number of hydrogen-bond donors (Lipinski definition) is 1. The Hall–Kier alpha value is -1.02. The number of para-hydroxylation sites is 1. The van der Waals surface area contributed by atoms with Gasteiger partial charge in [-0.25, -0.2) is 0 Å². The molecule has 1 aromatic carbocycles. The molecule has 0 amide bonds. The van der Waals surface area contributed by atoms with Crippen molar-refractivity contribution in [1.82, 2.24) is 5.32 Å². The van der Waals surface area contributed by atoms with Crippen molar-refractivity contribution in [3.8, 4) is 5.75 Å². The molecule has 1 aromatic rings. The highest BCUT2D eigenvalue weighted by Gasteiger charge is 2.11. The average Bonchev–Trinajstić information content (AvgIpc) is 2.19. The number of ether oxygens (including phenoxy) is 1. The molecule has 0 aliphatic carbocycles. The first-order valence-electron chi connectivity index (χ1n) is 5.19. The Bertz CT molecular complexity index is 248. The molecule has 0 fully saturated rings. The maximum absolute atomic E-state index is 5.77. The average molecular weight is 193 g/mol. The topological polar surface area (TPSA) is 21.3 Å². The van der Waals surface area contributed by atoms with Gasteiger partial charge < -0.3 is 10.1 Å². The molecule has 2 heteroatoms. The molecule has 0 spiro atoms. The van der Waals surface area contributed by atoms with Crippen LogP contribution in [0.2, 0.25) is 0 Å². The van der Waals surface area contributed by atoms with Gasteiger partial charge in [-0.15, -0.1) is 0 Å². The van der Waals surface area contributed by atoms with Gasteiger partial charge in [-0.3, -0.25) is 0 Å². The van der Waals surface area contributed by atoms with Gasteiger partial charge in [-0.2, -0.15) is 0 Å². The van der Waals surface area contributed by atoms with Crippen molar-refractivity contribution in [2.75, 3.05) is 6.54 Å². The summed E-state index contributed by atoms with van der Waals surface area (Å²) in [6.45, 7) is 7.30.